The summed E-state index contributed by atoms with van der Waals surface area (Å²) in [5.41, 5.74) is -0.376. The van der Waals surface area contributed by atoms with E-state index >= 15 is 0 Å². The summed E-state index contributed by atoms with van der Waals surface area (Å²) in [6.45, 7) is 4.20. The van der Waals surface area contributed by atoms with E-state index in [0.29, 0.717) is 11.3 Å². The molecule has 7 heteroatoms. The Morgan fingerprint density at radius 3 is 2.81 bits per heavy atom. The molecule has 116 valence electrons. The molecule has 0 aromatic carbocycles. The number of hydrogen-bond acceptors (Lipinski definition) is 7. The summed E-state index contributed by atoms with van der Waals surface area (Å²) in [4.78, 5) is 1.97. The van der Waals surface area contributed by atoms with Gasteiger partial charge in [-0.1, -0.05) is 23.1 Å². The van der Waals surface area contributed by atoms with Crippen molar-refractivity contribution in [3.05, 3.63) is 0 Å². The molecule has 1 aromatic heterocycles. The van der Waals surface area contributed by atoms with Gasteiger partial charge in [0, 0.05) is 25.4 Å². The molecule has 0 amide bonds. The predicted octanol–water partition coefficient (Wildman–Crippen LogP) is 2.90. The van der Waals surface area contributed by atoms with Gasteiger partial charge in [0.1, 0.15) is 5.54 Å². The highest BCUT2D eigenvalue weighted by Gasteiger charge is 2.37. The van der Waals surface area contributed by atoms with Crippen LogP contribution in [0.1, 0.15) is 39.5 Å². The van der Waals surface area contributed by atoms with Crippen molar-refractivity contribution < 1.29 is 0 Å². The fourth-order valence-electron chi connectivity index (χ4n) is 2.72. The van der Waals surface area contributed by atoms with Crippen LogP contribution < -0.4 is 10.2 Å². The lowest BCUT2D eigenvalue weighted by atomic mass is 9.82. The summed E-state index contributed by atoms with van der Waals surface area (Å²) in [7, 11) is 3.95. The number of nitrogens with one attached hydrogen (secondary N) is 1. The molecule has 1 fully saturated rings. The Kier molecular flexibility index (Phi) is 5.47. The van der Waals surface area contributed by atoms with Gasteiger partial charge in [0.15, 0.2) is 4.34 Å². The molecule has 21 heavy (non-hydrogen) atoms. The monoisotopic (exact) mass is 325 g/mol. The van der Waals surface area contributed by atoms with Gasteiger partial charge in [0.05, 0.1) is 6.07 Å². The Labute approximate surface area is 135 Å². The Balaban J connectivity index is 2.01. The van der Waals surface area contributed by atoms with Gasteiger partial charge in [-0.25, -0.2) is 0 Å². The molecule has 1 aliphatic rings. The minimum Gasteiger partial charge on any atom is -0.353 e. The molecule has 0 saturated heterocycles. The summed E-state index contributed by atoms with van der Waals surface area (Å²) in [5, 5.41) is 22.9. The van der Waals surface area contributed by atoms with Crippen LogP contribution in [0.3, 0.4) is 0 Å². The molecule has 0 bridgehead atoms. The highest BCUT2D eigenvalue weighted by atomic mass is 32.2. The van der Waals surface area contributed by atoms with Gasteiger partial charge in [0.25, 0.3) is 0 Å². The van der Waals surface area contributed by atoms with Crippen molar-refractivity contribution in [2.75, 3.05) is 19.0 Å². The third kappa shape index (κ3) is 4.31. The van der Waals surface area contributed by atoms with E-state index in [1.165, 1.54) is 0 Å². The van der Waals surface area contributed by atoms with E-state index in [2.05, 4.69) is 35.4 Å². The zero-order valence-electron chi connectivity index (χ0n) is 13.1. The van der Waals surface area contributed by atoms with Gasteiger partial charge in [-0.05, 0) is 39.5 Å². The number of hydrogen-bond donors (Lipinski definition) is 1. The first-order valence-electron chi connectivity index (χ1n) is 7.30. The zero-order chi connectivity index (χ0) is 15.5. The Morgan fingerprint density at radius 2 is 2.24 bits per heavy atom. The first kappa shape index (κ1) is 16.5. The Hall–Kier alpha value is -0.840. The molecule has 2 rings (SSSR count). The maximum Gasteiger partial charge on any atom is 0.208 e. The number of nitrogens with zero attached hydrogens (tertiary/aromatic N) is 4. The molecule has 1 aromatic rings. The molecule has 1 N–H and O–H groups in total. The third-order valence-electron chi connectivity index (χ3n) is 3.53. The largest absolute Gasteiger partial charge is 0.353 e. The highest BCUT2D eigenvalue weighted by molar-refractivity contribution is 8.01. The lowest BCUT2D eigenvalue weighted by Crippen LogP contribution is -2.51. The van der Waals surface area contributed by atoms with Gasteiger partial charge in [-0.2, -0.15) is 5.26 Å². The second-order valence-corrected chi connectivity index (χ2v) is 8.58. The van der Waals surface area contributed by atoms with Crippen LogP contribution in [-0.2, 0) is 0 Å². The van der Waals surface area contributed by atoms with Gasteiger partial charge in [-0.3, -0.25) is 5.32 Å². The van der Waals surface area contributed by atoms with Crippen LogP contribution in [0.15, 0.2) is 4.34 Å². The van der Waals surface area contributed by atoms with Crippen LogP contribution >= 0.6 is 23.1 Å². The normalized spacial score (nSPS) is 25.8. The SMILES string of the molecule is CC(C)NC1(C#N)CCCC(Sc2nnc(N(C)C)s2)C1. The van der Waals surface area contributed by atoms with Crippen LogP contribution in [0, 0.1) is 11.3 Å². The molecule has 0 spiro atoms. The molecule has 2 unspecified atom stereocenters. The summed E-state index contributed by atoms with van der Waals surface area (Å²) >= 11 is 3.39. The van der Waals surface area contributed by atoms with Crippen molar-refractivity contribution in [1.82, 2.24) is 15.5 Å². The fraction of sp³-hybridized carbons (Fsp3) is 0.786. The highest BCUT2D eigenvalue weighted by Crippen LogP contribution is 2.40. The summed E-state index contributed by atoms with van der Waals surface area (Å²) < 4.78 is 1.00. The third-order valence-corrected chi connectivity index (χ3v) is 5.97. The van der Waals surface area contributed by atoms with E-state index in [-0.39, 0.29) is 5.54 Å². The van der Waals surface area contributed by atoms with Crippen molar-refractivity contribution >= 4 is 28.2 Å². The fourth-order valence-corrected chi connectivity index (χ4v) is 5.07. The van der Waals surface area contributed by atoms with Crippen LogP contribution in [0.2, 0.25) is 0 Å². The van der Waals surface area contributed by atoms with Gasteiger partial charge in [0.2, 0.25) is 5.13 Å². The Bertz CT molecular complexity index is 508. The van der Waals surface area contributed by atoms with Gasteiger partial charge >= 0.3 is 0 Å². The average molecular weight is 326 g/mol. The average Bonchev–Trinajstić information content (AvgIpc) is 2.87. The zero-order valence-corrected chi connectivity index (χ0v) is 14.7. The molecular weight excluding hydrogens is 302 g/mol. The minimum atomic E-state index is -0.376. The maximum atomic E-state index is 9.60. The number of anilines is 1. The minimum absolute atomic E-state index is 0.329. The van der Waals surface area contributed by atoms with Crippen LogP contribution in [0.5, 0.6) is 0 Å². The molecule has 0 radical (unpaired) electrons. The van der Waals surface area contributed by atoms with Gasteiger partial charge < -0.3 is 4.90 Å². The maximum absolute atomic E-state index is 9.60. The quantitative estimate of drug-likeness (QED) is 0.898. The van der Waals surface area contributed by atoms with Crippen LogP contribution in [0.4, 0.5) is 5.13 Å². The van der Waals surface area contributed by atoms with Crippen LogP contribution in [-0.4, -0.2) is 41.1 Å². The summed E-state index contributed by atoms with van der Waals surface area (Å²) in [6, 6.07) is 2.85. The molecule has 1 heterocycles. The smallest absolute Gasteiger partial charge is 0.208 e. The number of nitriles is 1. The molecule has 2 atom stereocenters. The Morgan fingerprint density at radius 1 is 1.48 bits per heavy atom. The lowest BCUT2D eigenvalue weighted by molar-refractivity contribution is 0.284. The number of aromatic nitrogens is 2. The second kappa shape index (κ2) is 6.95. The van der Waals surface area contributed by atoms with E-state index in [4.69, 9.17) is 0 Å². The topological polar surface area (TPSA) is 64.8 Å². The van der Waals surface area contributed by atoms with Crippen molar-refractivity contribution in [2.24, 2.45) is 0 Å². The van der Waals surface area contributed by atoms with Crippen molar-refractivity contribution in [3.63, 3.8) is 0 Å². The number of rotatable bonds is 5. The molecule has 5 nitrogen and oxygen atoms in total. The van der Waals surface area contributed by atoms with Crippen molar-refractivity contribution in [3.8, 4) is 6.07 Å². The second-order valence-electron chi connectivity index (χ2n) is 6.07. The molecular formula is C14H23N5S2. The first-order chi connectivity index (χ1) is 9.94. The van der Waals surface area contributed by atoms with E-state index in [9.17, 15) is 5.26 Å². The van der Waals surface area contributed by atoms with E-state index in [1.54, 1.807) is 23.1 Å². The van der Waals surface area contributed by atoms with E-state index in [1.807, 2.05) is 19.0 Å². The predicted molar refractivity (Wildman–Crippen MR) is 89.0 cm³/mol. The molecule has 1 saturated carbocycles. The van der Waals surface area contributed by atoms with Crippen molar-refractivity contribution in [1.29, 1.82) is 5.26 Å². The molecule has 0 aliphatic heterocycles. The van der Waals surface area contributed by atoms with Crippen LogP contribution in [0.25, 0.3) is 0 Å². The number of thioether (sulfide) groups is 1. The van der Waals surface area contributed by atoms with Crippen molar-refractivity contribution in [2.45, 2.75) is 60.7 Å². The first-order valence-corrected chi connectivity index (χ1v) is 9.00. The lowest BCUT2D eigenvalue weighted by Gasteiger charge is -2.37. The molecule has 1 aliphatic carbocycles. The van der Waals surface area contributed by atoms with E-state index in [0.717, 1.165) is 35.2 Å². The summed E-state index contributed by atoms with van der Waals surface area (Å²) in [6.07, 6.45) is 4.05. The van der Waals surface area contributed by atoms with Gasteiger partial charge in [-0.15, -0.1) is 10.2 Å². The standard InChI is InChI=1S/C14H23N5S2/c1-10(2)16-14(9-15)7-5-6-11(8-14)20-13-18-17-12(21-13)19(3)4/h10-11,16H,5-8H2,1-4H3. The summed E-state index contributed by atoms with van der Waals surface area (Å²) in [5.74, 6) is 0. The van der Waals surface area contributed by atoms with E-state index < -0.39 is 0 Å².